The molecule has 3 N–H and O–H groups in total. The van der Waals surface area contributed by atoms with E-state index in [2.05, 4.69) is 125 Å². The van der Waals surface area contributed by atoms with Crippen molar-refractivity contribution in [3.8, 4) is 0 Å². The standard InChI is InChI=1S/C40H61N5/c1-3-5-6-7-8-13-24-41-26-29-45(32-35(4-2)30-42-31-40-17-12-14-25-43-40)34-37-20-18-36(19-21-37)33-44-27-22-39(23-28-44)38-15-10-9-11-16-38/h5-12,14-18,22,35,37,41-43H,3-4,13,19-21,23-34H2,1-2H3/b6-5-,8-7-. The molecular formula is C40H61N5. The summed E-state index contributed by atoms with van der Waals surface area (Å²) in [5.74, 6) is 1.43. The number of nitrogens with zero attached hydrogens (tertiary/aromatic N) is 2. The van der Waals surface area contributed by atoms with E-state index >= 15 is 0 Å². The Morgan fingerprint density at radius 1 is 1.04 bits per heavy atom. The van der Waals surface area contributed by atoms with Crippen LogP contribution in [0.1, 0.15) is 64.4 Å². The first-order valence-electron chi connectivity index (χ1n) is 17.9. The molecule has 5 heteroatoms. The maximum Gasteiger partial charge on any atom is 0.0354 e. The molecule has 4 rings (SSSR count). The molecule has 1 aliphatic carbocycles. The van der Waals surface area contributed by atoms with Gasteiger partial charge in [0.15, 0.2) is 0 Å². The molecule has 0 fully saturated rings. The summed E-state index contributed by atoms with van der Waals surface area (Å²) in [6.07, 6.45) is 28.8. The van der Waals surface area contributed by atoms with Crippen LogP contribution in [0.4, 0.5) is 0 Å². The highest BCUT2D eigenvalue weighted by Gasteiger charge is 2.22. The quantitative estimate of drug-likeness (QED) is 0.0845. The Balaban J connectivity index is 1.23. The summed E-state index contributed by atoms with van der Waals surface area (Å²) in [7, 11) is 0. The van der Waals surface area contributed by atoms with Gasteiger partial charge in [-0.1, -0.05) is 105 Å². The fourth-order valence-corrected chi connectivity index (χ4v) is 6.60. The molecule has 2 unspecified atom stereocenters. The molecule has 5 nitrogen and oxygen atoms in total. The van der Waals surface area contributed by atoms with E-state index in [9.17, 15) is 0 Å². The van der Waals surface area contributed by atoms with Crippen molar-refractivity contribution in [1.29, 1.82) is 0 Å². The minimum Gasteiger partial charge on any atom is -0.384 e. The summed E-state index contributed by atoms with van der Waals surface area (Å²) in [6.45, 7) is 16.5. The first-order valence-corrected chi connectivity index (χ1v) is 17.9. The van der Waals surface area contributed by atoms with Crippen LogP contribution in [-0.4, -0.2) is 81.8 Å². The van der Waals surface area contributed by atoms with E-state index in [0.717, 1.165) is 77.5 Å². The topological polar surface area (TPSA) is 42.6 Å². The van der Waals surface area contributed by atoms with Crippen LogP contribution in [0.15, 0.2) is 96.3 Å². The van der Waals surface area contributed by atoms with E-state index < -0.39 is 0 Å². The second-order valence-corrected chi connectivity index (χ2v) is 13.1. The number of dihydropyridines is 1. The van der Waals surface area contributed by atoms with Crippen LogP contribution < -0.4 is 16.0 Å². The van der Waals surface area contributed by atoms with Crippen LogP contribution in [0.3, 0.4) is 0 Å². The number of nitrogens with one attached hydrogen (secondary N) is 3. The monoisotopic (exact) mass is 611 g/mol. The van der Waals surface area contributed by atoms with E-state index in [1.807, 2.05) is 0 Å². The minimum absolute atomic E-state index is 0.667. The van der Waals surface area contributed by atoms with Gasteiger partial charge in [-0.05, 0) is 80.7 Å². The Morgan fingerprint density at radius 3 is 2.67 bits per heavy atom. The van der Waals surface area contributed by atoms with Gasteiger partial charge >= 0.3 is 0 Å². The van der Waals surface area contributed by atoms with Crippen molar-refractivity contribution < 1.29 is 0 Å². The van der Waals surface area contributed by atoms with Crippen molar-refractivity contribution in [3.05, 3.63) is 102 Å². The zero-order chi connectivity index (χ0) is 31.4. The van der Waals surface area contributed by atoms with Crippen LogP contribution in [0, 0.1) is 11.8 Å². The summed E-state index contributed by atoms with van der Waals surface area (Å²) in [6, 6.07) is 10.9. The smallest absolute Gasteiger partial charge is 0.0354 e. The van der Waals surface area contributed by atoms with Crippen LogP contribution >= 0.6 is 0 Å². The lowest BCUT2D eigenvalue weighted by Crippen LogP contribution is -2.41. The lowest BCUT2D eigenvalue weighted by atomic mass is 9.88. The largest absolute Gasteiger partial charge is 0.384 e. The van der Waals surface area contributed by atoms with Gasteiger partial charge in [0.1, 0.15) is 0 Å². The molecule has 2 aliphatic heterocycles. The molecule has 45 heavy (non-hydrogen) atoms. The van der Waals surface area contributed by atoms with Gasteiger partial charge in [0.25, 0.3) is 0 Å². The van der Waals surface area contributed by atoms with Gasteiger partial charge in [-0.3, -0.25) is 4.90 Å². The van der Waals surface area contributed by atoms with E-state index in [1.54, 1.807) is 5.57 Å². The molecule has 0 saturated heterocycles. The molecule has 2 atom stereocenters. The summed E-state index contributed by atoms with van der Waals surface area (Å²) in [5, 5.41) is 10.9. The van der Waals surface area contributed by atoms with E-state index in [-0.39, 0.29) is 0 Å². The number of rotatable bonds is 20. The fourth-order valence-electron chi connectivity index (χ4n) is 6.60. The maximum atomic E-state index is 3.74. The van der Waals surface area contributed by atoms with E-state index in [0.29, 0.717) is 5.92 Å². The van der Waals surface area contributed by atoms with Crippen molar-refractivity contribution in [1.82, 2.24) is 25.8 Å². The summed E-state index contributed by atoms with van der Waals surface area (Å²) >= 11 is 0. The highest BCUT2D eigenvalue weighted by molar-refractivity contribution is 5.66. The highest BCUT2D eigenvalue weighted by atomic mass is 15.1. The molecule has 1 aromatic carbocycles. The molecule has 246 valence electrons. The summed E-state index contributed by atoms with van der Waals surface area (Å²) in [5.41, 5.74) is 5.87. The van der Waals surface area contributed by atoms with Gasteiger partial charge in [0, 0.05) is 64.6 Å². The second kappa shape index (κ2) is 21.2. The van der Waals surface area contributed by atoms with Crippen molar-refractivity contribution in [2.75, 3.05) is 72.0 Å². The second-order valence-electron chi connectivity index (χ2n) is 13.1. The van der Waals surface area contributed by atoms with Gasteiger partial charge in [-0.25, -0.2) is 0 Å². The Bertz CT molecular complexity index is 1140. The summed E-state index contributed by atoms with van der Waals surface area (Å²) in [4.78, 5) is 5.41. The molecule has 0 spiro atoms. The lowest BCUT2D eigenvalue weighted by molar-refractivity contribution is 0.186. The van der Waals surface area contributed by atoms with Gasteiger partial charge in [-0.2, -0.15) is 0 Å². The van der Waals surface area contributed by atoms with E-state index in [1.165, 1.54) is 62.2 Å². The first kappa shape index (κ1) is 35.2. The predicted octanol–water partition coefficient (Wildman–Crippen LogP) is 6.97. The lowest BCUT2D eigenvalue weighted by Gasteiger charge is -2.33. The van der Waals surface area contributed by atoms with Crippen LogP contribution in [0.25, 0.3) is 5.57 Å². The van der Waals surface area contributed by atoms with Crippen LogP contribution in [0.5, 0.6) is 0 Å². The third-order valence-corrected chi connectivity index (χ3v) is 9.43. The number of hydrogen-bond donors (Lipinski definition) is 3. The minimum atomic E-state index is 0.667. The van der Waals surface area contributed by atoms with Gasteiger partial charge in [0.2, 0.25) is 0 Å². The third kappa shape index (κ3) is 13.7. The Morgan fingerprint density at radius 2 is 1.93 bits per heavy atom. The zero-order valence-electron chi connectivity index (χ0n) is 28.4. The normalized spacial score (nSPS) is 20.0. The molecule has 0 aromatic heterocycles. The van der Waals surface area contributed by atoms with Crippen molar-refractivity contribution in [2.45, 2.75) is 58.8 Å². The first-order chi connectivity index (χ1) is 22.2. The molecule has 3 aliphatic rings. The third-order valence-electron chi connectivity index (χ3n) is 9.43. The molecule has 1 aromatic rings. The molecular weight excluding hydrogens is 550 g/mol. The van der Waals surface area contributed by atoms with E-state index in [4.69, 9.17) is 0 Å². The SMILES string of the molecule is CC/C=C\C=C/CCNCCN(CC1CC=C(CN2CC=C(c3ccccc3)CC2)CC1)CC(CC)CNCC1=CC=CCN1. The molecule has 0 radical (unpaired) electrons. The molecule has 0 bridgehead atoms. The highest BCUT2D eigenvalue weighted by Crippen LogP contribution is 2.27. The fraction of sp³-hybridized carbons (Fsp3) is 0.550. The number of benzene rings is 1. The molecule has 0 amide bonds. The van der Waals surface area contributed by atoms with Gasteiger partial charge in [-0.15, -0.1) is 0 Å². The number of hydrogen-bond acceptors (Lipinski definition) is 5. The Labute approximate surface area is 275 Å². The van der Waals surface area contributed by atoms with Crippen molar-refractivity contribution in [3.63, 3.8) is 0 Å². The van der Waals surface area contributed by atoms with Crippen molar-refractivity contribution >= 4 is 5.57 Å². The molecule has 0 saturated carbocycles. The molecule has 2 heterocycles. The average molecular weight is 612 g/mol. The van der Waals surface area contributed by atoms with Gasteiger partial charge in [0.05, 0.1) is 0 Å². The van der Waals surface area contributed by atoms with Crippen LogP contribution in [0.2, 0.25) is 0 Å². The Hall–Kier alpha value is -2.70. The van der Waals surface area contributed by atoms with Crippen molar-refractivity contribution in [2.24, 2.45) is 11.8 Å². The Kier molecular flexibility index (Phi) is 16.5. The van der Waals surface area contributed by atoms with Crippen LogP contribution in [-0.2, 0) is 0 Å². The number of allylic oxidation sites excluding steroid dienone is 6. The van der Waals surface area contributed by atoms with Gasteiger partial charge < -0.3 is 20.9 Å². The summed E-state index contributed by atoms with van der Waals surface area (Å²) < 4.78 is 0. The zero-order valence-corrected chi connectivity index (χ0v) is 28.4. The maximum absolute atomic E-state index is 3.74. The predicted molar refractivity (Wildman–Crippen MR) is 195 cm³/mol. The average Bonchev–Trinajstić information content (AvgIpc) is 3.09.